The maximum atomic E-state index is 12.2. The second kappa shape index (κ2) is 8.30. The molecule has 3 rings (SSSR count). The van der Waals surface area contributed by atoms with Crippen LogP contribution in [-0.4, -0.2) is 40.2 Å². The third-order valence-corrected chi connectivity index (χ3v) is 4.34. The summed E-state index contributed by atoms with van der Waals surface area (Å²) in [5.74, 6) is -1.36. The maximum Gasteiger partial charge on any atom is 0.326 e. The third kappa shape index (κ3) is 4.32. The van der Waals surface area contributed by atoms with Gasteiger partial charge in [0.25, 0.3) is 0 Å². The van der Waals surface area contributed by atoms with Gasteiger partial charge in [0.1, 0.15) is 6.04 Å². The Morgan fingerprint density at radius 3 is 2.79 bits per heavy atom. The Morgan fingerprint density at radius 2 is 2.04 bits per heavy atom. The van der Waals surface area contributed by atoms with Gasteiger partial charge in [-0.3, -0.25) is 4.79 Å². The van der Waals surface area contributed by atoms with Crippen LogP contribution in [0.4, 0.5) is 0 Å². The Morgan fingerprint density at radius 1 is 1.25 bits per heavy atom. The summed E-state index contributed by atoms with van der Waals surface area (Å²) in [6, 6.07) is 11.1. The zero-order valence-corrected chi connectivity index (χ0v) is 15.2. The summed E-state index contributed by atoms with van der Waals surface area (Å²) in [5, 5.41) is 22.5. The molecule has 0 saturated heterocycles. The van der Waals surface area contributed by atoms with Crippen LogP contribution < -0.4 is 10.1 Å². The van der Waals surface area contributed by atoms with Gasteiger partial charge in [-0.05, 0) is 35.4 Å². The van der Waals surface area contributed by atoms with Crippen LogP contribution in [0.25, 0.3) is 17.0 Å². The number of nitrogens with one attached hydrogen (secondary N) is 2. The van der Waals surface area contributed by atoms with Crippen LogP contribution in [-0.2, 0) is 16.0 Å². The van der Waals surface area contributed by atoms with Crippen molar-refractivity contribution in [2.45, 2.75) is 12.5 Å². The zero-order valence-electron chi connectivity index (χ0n) is 15.2. The molecule has 0 bridgehead atoms. The molecule has 0 unspecified atom stereocenters. The number of amides is 1. The normalized spacial score (nSPS) is 12.2. The number of carbonyl (C=O) groups excluding carboxylic acids is 1. The van der Waals surface area contributed by atoms with E-state index in [0.717, 1.165) is 16.5 Å². The molecule has 1 aromatic heterocycles. The van der Waals surface area contributed by atoms with Gasteiger partial charge >= 0.3 is 5.97 Å². The molecule has 1 heterocycles. The largest absolute Gasteiger partial charge is 0.504 e. The van der Waals surface area contributed by atoms with Gasteiger partial charge in [-0.25, -0.2) is 4.79 Å². The molecule has 4 N–H and O–H groups in total. The summed E-state index contributed by atoms with van der Waals surface area (Å²) in [6.45, 7) is 0. The lowest BCUT2D eigenvalue weighted by atomic mass is 10.0. The highest BCUT2D eigenvalue weighted by Crippen LogP contribution is 2.26. The van der Waals surface area contributed by atoms with Crippen LogP contribution in [0.15, 0.2) is 54.7 Å². The maximum absolute atomic E-state index is 12.2. The number of aromatic amines is 1. The van der Waals surface area contributed by atoms with Crippen LogP contribution in [0.5, 0.6) is 11.5 Å². The summed E-state index contributed by atoms with van der Waals surface area (Å²) >= 11 is 0. The molecule has 3 aromatic rings. The molecule has 7 nitrogen and oxygen atoms in total. The Labute approximate surface area is 161 Å². The Hall–Kier alpha value is -3.74. The molecule has 0 aliphatic carbocycles. The van der Waals surface area contributed by atoms with E-state index in [1.807, 2.05) is 24.3 Å². The first-order valence-corrected chi connectivity index (χ1v) is 8.61. The minimum absolute atomic E-state index is 0.00577. The smallest absolute Gasteiger partial charge is 0.326 e. The number of hydrogen-bond acceptors (Lipinski definition) is 4. The van der Waals surface area contributed by atoms with E-state index in [1.165, 1.54) is 25.3 Å². The number of ether oxygens (including phenoxy) is 1. The van der Waals surface area contributed by atoms with Crippen LogP contribution in [0, 0.1) is 0 Å². The van der Waals surface area contributed by atoms with E-state index in [-0.39, 0.29) is 17.9 Å². The predicted molar refractivity (Wildman–Crippen MR) is 105 cm³/mol. The molecule has 2 aromatic carbocycles. The molecule has 1 atom stereocenters. The number of carbonyl (C=O) groups is 2. The summed E-state index contributed by atoms with van der Waals surface area (Å²) in [7, 11) is 1.43. The monoisotopic (exact) mass is 380 g/mol. The number of carboxylic acids is 1. The van der Waals surface area contributed by atoms with Crippen molar-refractivity contribution in [3.05, 3.63) is 65.9 Å². The van der Waals surface area contributed by atoms with Gasteiger partial charge < -0.3 is 25.3 Å². The van der Waals surface area contributed by atoms with E-state index in [9.17, 15) is 19.8 Å². The Balaban J connectivity index is 1.70. The fourth-order valence-electron chi connectivity index (χ4n) is 2.91. The van der Waals surface area contributed by atoms with Gasteiger partial charge in [0.2, 0.25) is 5.91 Å². The van der Waals surface area contributed by atoms with Crippen molar-refractivity contribution in [3.63, 3.8) is 0 Å². The SMILES string of the molecule is COc1cc(C=CC(=O)N[C@@H](Cc2c[nH]c3ccccc23)C(=O)O)ccc1O. The molecule has 0 radical (unpaired) electrons. The van der Waals surface area contributed by atoms with Gasteiger partial charge in [0.15, 0.2) is 11.5 Å². The average molecular weight is 380 g/mol. The van der Waals surface area contributed by atoms with Crippen molar-refractivity contribution in [1.29, 1.82) is 0 Å². The summed E-state index contributed by atoms with van der Waals surface area (Å²) in [5.41, 5.74) is 2.36. The number of methoxy groups -OCH3 is 1. The highest BCUT2D eigenvalue weighted by atomic mass is 16.5. The summed E-state index contributed by atoms with van der Waals surface area (Å²) in [4.78, 5) is 26.9. The van der Waals surface area contributed by atoms with Crippen molar-refractivity contribution >= 4 is 28.9 Å². The highest BCUT2D eigenvalue weighted by molar-refractivity contribution is 5.94. The number of H-pyrrole nitrogens is 1. The summed E-state index contributed by atoms with van der Waals surface area (Å²) < 4.78 is 5.02. The first-order chi connectivity index (χ1) is 13.5. The number of aromatic nitrogens is 1. The van der Waals surface area contributed by atoms with E-state index in [0.29, 0.717) is 5.56 Å². The number of rotatable bonds is 7. The quantitative estimate of drug-likeness (QED) is 0.471. The van der Waals surface area contributed by atoms with E-state index in [4.69, 9.17) is 4.74 Å². The van der Waals surface area contributed by atoms with Gasteiger partial charge in [0.05, 0.1) is 7.11 Å². The first kappa shape index (κ1) is 19.0. The van der Waals surface area contributed by atoms with E-state index >= 15 is 0 Å². The lowest BCUT2D eigenvalue weighted by Gasteiger charge is -2.13. The molecule has 7 heteroatoms. The molecular weight excluding hydrogens is 360 g/mol. The number of fused-ring (bicyclic) bond motifs is 1. The molecule has 0 fully saturated rings. The first-order valence-electron chi connectivity index (χ1n) is 8.61. The fourth-order valence-corrected chi connectivity index (χ4v) is 2.91. The molecule has 28 heavy (non-hydrogen) atoms. The number of phenolic OH excluding ortho intramolecular Hbond substituents is 1. The second-order valence-electron chi connectivity index (χ2n) is 6.23. The lowest BCUT2D eigenvalue weighted by Crippen LogP contribution is -2.41. The Kier molecular flexibility index (Phi) is 5.64. The number of benzene rings is 2. The number of phenols is 1. The van der Waals surface area contributed by atoms with Crippen LogP contribution in [0.3, 0.4) is 0 Å². The standard InChI is InChI=1S/C21H20N2O5/c1-28-19-10-13(6-8-18(19)24)7-9-20(25)23-17(21(26)27)11-14-12-22-16-5-3-2-4-15(14)16/h2-10,12,17,22,24H,11H2,1H3,(H,23,25)(H,26,27)/t17-/m0/s1. The lowest BCUT2D eigenvalue weighted by molar-refractivity contribution is -0.141. The van der Waals surface area contributed by atoms with Gasteiger partial charge in [-0.15, -0.1) is 0 Å². The molecule has 0 saturated carbocycles. The Bertz CT molecular complexity index is 1040. The van der Waals surface area contributed by atoms with Crippen LogP contribution >= 0.6 is 0 Å². The number of aromatic hydroxyl groups is 1. The molecule has 0 aliphatic heterocycles. The van der Waals surface area contributed by atoms with Gasteiger partial charge in [0, 0.05) is 29.6 Å². The second-order valence-corrected chi connectivity index (χ2v) is 6.23. The van der Waals surface area contributed by atoms with Crippen molar-refractivity contribution in [1.82, 2.24) is 10.3 Å². The van der Waals surface area contributed by atoms with Crippen molar-refractivity contribution < 1.29 is 24.5 Å². The summed E-state index contributed by atoms with van der Waals surface area (Å²) in [6.07, 6.45) is 4.68. The molecule has 0 spiro atoms. The molecule has 1 amide bonds. The molecule has 0 aliphatic rings. The van der Waals surface area contributed by atoms with Crippen LogP contribution in [0.2, 0.25) is 0 Å². The van der Waals surface area contributed by atoms with Crippen LogP contribution in [0.1, 0.15) is 11.1 Å². The topological polar surface area (TPSA) is 112 Å². The average Bonchev–Trinajstić information content (AvgIpc) is 3.09. The fraction of sp³-hybridized carbons (Fsp3) is 0.143. The predicted octanol–water partition coefficient (Wildman–Crippen LogP) is 2.71. The number of para-hydroxylation sites is 1. The molecular formula is C21H20N2O5. The third-order valence-electron chi connectivity index (χ3n) is 4.34. The minimum Gasteiger partial charge on any atom is -0.504 e. The molecule has 144 valence electrons. The minimum atomic E-state index is -1.11. The number of hydrogen-bond donors (Lipinski definition) is 4. The van der Waals surface area contributed by atoms with Crippen molar-refractivity contribution in [2.75, 3.05) is 7.11 Å². The van der Waals surface area contributed by atoms with Gasteiger partial charge in [-0.1, -0.05) is 24.3 Å². The van der Waals surface area contributed by atoms with Gasteiger partial charge in [-0.2, -0.15) is 0 Å². The van der Waals surface area contributed by atoms with Crippen molar-refractivity contribution in [2.24, 2.45) is 0 Å². The highest BCUT2D eigenvalue weighted by Gasteiger charge is 2.21. The van der Waals surface area contributed by atoms with E-state index in [1.54, 1.807) is 18.3 Å². The van der Waals surface area contributed by atoms with E-state index in [2.05, 4.69) is 10.3 Å². The zero-order chi connectivity index (χ0) is 20.1. The van der Waals surface area contributed by atoms with E-state index < -0.39 is 17.9 Å². The number of aliphatic carboxylic acids is 1. The number of carboxylic acid groups (broad SMARTS) is 1. The van der Waals surface area contributed by atoms with Crippen molar-refractivity contribution in [3.8, 4) is 11.5 Å².